The van der Waals surface area contributed by atoms with Gasteiger partial charge in [-0.05, 0) is 30.3 Å². The summed E-state index contributed by atoms with van der Waals surface area (Å²) in [5.41, 5.74) is 1.77. The molecule has 0 aromatic heterocycles. The van der Waals surface area contributed by atoms with Crippen molar-refractivity contribution in [2.24, 2.45) is 5.10 Å². The molecule has 4 nitrogen and oxygen atoms in total. The zero-order valence-electron chi connectivity index (χ0n) is 11.5. The Morgan fingerprint density at radius 3 is 2.59 bits per heavy atom. The van der Waals surface area contributed by atoms with E-state index in [1.807, 2.05) is 24.3 Å². The lowest BCUT2D eigenvalue weighted by molar-refractivity contribution is 0.584. The van der Waals surface area contributed by atoms with Crippen LogP contribution in [-0.4, -0.2) is 19.9 Å². The number of hydrazone groups is 1. The number of nitrogens with one attached hydrogen (secondary N) is 1. The van der Waals surface area contributed by atoms with E-state index in [0.717, 1.165) is 32.8 Å². The molecule has 1 N–H and O–H groups in total. The quantitative estimate of drug-likeness (QED) is 0.805. The summed E-state index contributed by atoms with van der Waals surface area (Å²) in [6, 6.07) is 14.4. The summed E-state index contributed by atoms with van der Waals surface area (Å²) in [6.45, 7) is 0. The largest absolute Gasteiger partial charge is 0.276 e. The first kappa shape index (κ1) is 15.6. The Morgan fingerprint density at radius 2 is 1.82 bits per heavy atom. The predicted octanol–water partition coefficient (Wildman–Crippen LogP) is 3.63. The highest BCUT2D eigenvalue weighted by atomic mass is 79.9. The second-order valence-corrected chi connectivity index (χ2v) is 8.42. The molecular formula is C15H13BrN2O2S2. The maximum atomic E-state index is 12.3. The lowest BCUT2D eigenvalue weighted by atomic mass is 10.1. The van der Waals surface area contributed by atoms with Crippen molar-refractivity contribution >= 4 is 43.4 Å². The van der Waals surface area contributed by atoms with Gasteiger partial charge in [0, 0.05) is 27.1 Å². The van der Waals surface area contributed by atoms with Gasteiger partial charge < -0.3 is 0 Å². The molecule has 2 aromatic carbocycles. The monoisotopic (exact) mass is 396 g/mol. The summed E-state index contributed by atoms with van der Waals surface area (Å²) in [5.74, 6) is 0.899. The number of halogens is 1. The van der Waals surface area contributed by atoms with Crippen LogP contribution in [0.1, 0.15) is 12.0 Å². The average Bonchev–Trinajstić information content (AvgIpc) is 2.53. The summed E-state index contributed by atoms with van der Waals surface area (Å²) in [7, 11) is -3.64. The van der Waals surface area contributed by atoms with Gasteiger partial charge >= 0.3 is 0 Å². The van der Waals surface area contributed by atoms with Crippen LogP contribution in [0.5, 0.6) is 0 Å². The molecule has 0 amide bonds. The first-order chi connectivity index (χ1) is 10.6. The van der Waals surface area contributed by atoms with Crippen LogP contribution < -0.4 is 4.83 Å². The molecule has 114 valence electrons. The Kier molecular flexibility index (Phi) is 4.56. The van der Waals surface area contributed by atoms with E-state index in [2.05, 4.69) is 25.9 Å². The third kappa shape index (κ3) is 3.37. The van der Waals surface area contributed by atoms with Crippen LogP contribution in [-0.2, 0) is 10.0 Å². The Bertz CT molecular complexity index is 818. The van der Waals surface area contributed by atoms with Crippen LogP contribution in [0.3, 0.4) is 0 Å². The van der Waals surface area contributed by atoms with E-state index in [4.69, 9.17) is 0 Å². The van der Waals surface area contributed by atoms with Crippen LogP contribution in [0, 0.1) is 0 Å². The smallest absolute Gasteiger partial charge is 0.200 e. The molecule has 0 bridgehead atoms. The molecule has 1 aliphatic heterocycles. The van der Waals surface area contributed by atoms with E-state index >= 15 is 0 Å². The van der Waals surface area contributed by atoms with Crippen molar-refractivity contribution in [1.82, 2.24) is 4.83 Å². The highest BCUT2D eigenvalue weighted by molar-refractivity contribution is 9.10. The Morgan fingerprint density at radius 1 is 1.09 bits per heavy atom. The molecule has 0 atom stereocenters. The van der Waals surface area contributed by atoms with Gasteiger partial charge in [-0.2, -0.15) is 18.4 Å². The predicted molar refractivity (Wildman–Crippen MR) is 92.8 cm³/mol. The number of thioether (sulfide) groups is 1. The first-order valence-corrected chi connectivity index (χ1v) is 9.88. The lowest BCUT2D eigenvalue weighted by Crippen LogP contribution is -2.22. The summed E-state index contributed by atoms with van der Waals surface area (Å²) in [4.78, 5) is 3.67. The fourth-order valence-electron chi connectivity index (χ4n) is 2.12. The standard InChI is InChI=1S/C15H13BrN2O2S2/c16-11-5-7-12(8-6-11)22(19,20)18-17-14-9-10-21-15-4-2-1-3-13(14)15/h1-8,18H,9-10H2/b17-14+. The summed E-state index contributed by atoms with van der Waals surface area (Å²) in [6.07, 6.45) is 0.741. The number of hydrogen-bond acceptors (Lipinski definition) is 4. The van der Waals surface area contributed by atoms with E-state index in [1.54, 1.807) is 23.9 Å². The average molecular weight is 397 g/mol. The highest BCUT2D eigenvalue weighted by Crippen LogP contribution is 2.29. The molecule has 3 rings (SSSR count). The van der Waals surface area contributed by atoms with Gasteiger partial charge in [-0.3, -0.25) is 0 Å². The SMILES string of the molecule is O=S(=O)(N/N=C1\CCSc2ccccc21)c1ccc(Br)cc1. The van der Waals surface area contributed by atoms with Gasteiger partial charge in [0.15, 0.2) is 0 Å². The van der Waals surface area contributed by atoms with Crippen molar-refractivity contribution in [2.45, 2.75) is 16.2 Å². The third-order valence-electron chi connectivity index (χ3n) is 3.22. The molecule has 7 heteroatoms. The van der Waals surface area contributed by atoms with E-state index in [1.165, 1.54) is 12.1 Å². The van der Waals surface area contributed by atoms with Crippen LogP contribution in [0.15, 0.2) is 67.9 Å². The maximum absolute atomic E-state index is 12.3. The number of rotatable bonds is 3. The number of nitrogens with zero attached hydrogens (tertiary/aromatic N) is 1. The van der Waals surface area contributed by atoms with Crippen molar-refractivity contribution in [2.75, 3.05) is 5.75 Å². The van der Waals surface area contributed by atoms with Crippen molar-refractivity contribution in [3.05, 3.63) is 58.6 Å². The van der Waals surface area contributed by atoms with Crippen LogP contribution in [0.25, 0.3) is 0 Å². The molecule has 0 saturated carbocycles. The van der Waals surface area contributed by atoms with Gasteiger partial charge in [0.25, 0.3) is 10.0 Å². The van der Waals surface area contributed by atoms with Gasteiger partial charge in [-0.1, -0.05) is 34.1 Å². The summed E-state index contributed by atoms with van der Waals surface area (Å²) < 4.78 is 25.3. The number of fused-ring (bicyclic) bond motifs is 1. The van der Waals surface area contributed by atoms with E-state index in [-0.39, 0.29) is 4.90 Å². The zero-order valence-corrected chi connectivity index (χ0v) is 14.7. The fraction of sp³-hybridized carbons (Fsp3) is 0.133. The maximum Gasteiger partial charge on any atom is 0.276 e. The lowest BCUT2D eigenvalue weighted by Gasteiger charge is -2.17. The molecule has 0 spiro atoms. The Hall–Kier alpha value is -1.31. The zero-order chi connectivity index (χ0) is 15.6. The minimum absolute atomic E-state index is 0.193. The van der Waals surface area contributed by atoms with Gasteiger partial charge in [0.2, 0.25) is 0 Å². The molecule has 0 fully saturated rings. The van der Waals surface area contributed by atoms with Gasteiger partial charge in [-0.15, -0.1) is 11.8 Å². The summed E-state index contributed by atoms with van der Waals surface area (Å²) >= 11 is 5.05. The van der Waals surface area contributed by atoms with Gasteiger partial charge in [-0.25, -0.2) is 0 Å². The third-order valence-corrected chi connectivity index (χ3v) is 6.05. The first-order valence-electron chi connectivity index (χ1n) is 6.62. The second kappa shape index (κ2) is 6.44. The van der Waals surface area contributed by atoms with Gasteiger partial charge in [0.05, 0.1) is 10.6 Å². The van der Waals surface area contributed by atoms with Crippen LogP contribution in [0.2, 0.25) is 0 Å². The molecule has 1 aliphatic rings. The fourth-order valence-corrected chi connectivity index (χ4v) is 4.25. The van der Waals surface area contributed by atoms with Crippen molar-refractivity contribution in [1.29, 1.82) is 0 Å². The molecular weight excluding hydrogens is 384 g/mol. The topological polar surface area (TPSA) is 58.5 Å². The van der Waals surface area contributed by atoms with Crippen molar-refractivity contribution in [3.8, 4) is 0 Å². The number of sulfonamides is 1. The van der Waals surface area contributed by atoms with E-state index < -0.39 is 10.0 Å². The van der Waals surface area contributed by atoms with Crippen molar-refractivity contribution < 1.29 is 8.42 Å². The Balaban J connectivity index is 1.87. The molecule has 0 aliphatic carbocycles. The van der Waals surface area contributed by atoms with Gasteiger partial charge in [0.1, 0.15) is 0 Å². The minimum Gasteiger partial charge on any atom is -0.200 e. The Labute approximate surface area is 142 Å². The molecule has 1 heterocycles. The van der Waals surface area contributed by atoms with Crippen molar-refractivity contribution in [3.63, 3.8) is 0 Å². The van der Waals surface area contributed by atoms with Crippen LogP contribution >= 0.6 is 27.7 Å². The molecule has 22 heavy (non-hydrogen) atoms. The molecule has 0 unspecified atom stereocenters. The summed E-state index contributed by atoms with van der Waals surface area (Å²) in [5, 5.41) is 4.15. The molecule has 0 saturated heterocycles. The normalized spacial score (nSPS) is 16.3. The molecule has 0 radical (unpaired) electrons. The minimum atomic E-state index is -3.64. The van der Waals surface area contributed by atoms with E-state index in [9.17, 15) is 8.42 Å². The molecule has 2 aromatic rings. The number of hydrogen-bond donors (Lipinski definition) is 1. The highest BCUT2D eigenvalue weighted by Gasteiger charge is 2.17. The van der Waals surface area contributed by atoms with E-state index in [0.29, 0.717) is 0 Å². The number of benzene rings is 2. The van der Waals surface area contributed by atoms with Crippen LogP contribution in [0.4, 0.5) is 0 Å². The second-order valence-electron chi connectivity index (χ2n) is 4.70.